The average molecular weight is 402 g/mol. The minimum atomic E-state index is -3.73. The Labute approximate surface area is 132 Å². The van der Waals surface area contributed by atoms with Crippen molar-refractivity contribution in [1.82, 2.24) is 9.71 Å². The van der Waals surface area contributed by atoms with Gasteiger partial charge in [0.25, 0.3) is 0 Å². The first kappa shape index (κ1) is 15.2. The molecule has 0 radical (unpaired) electrons. The average Bonchev–Trinajstić information content (AvgIpc) is 2.63. The molecule has 0 bridgehead atoms. The molecule has 0 atom stereocenters. The summed E-state index contributed by atoms with van der Waals surface area (Å²) in [7, 11) is -3.73. The molecule has 0 aliphatic heterocycles. The maximum atomic E-state index is 12.2. The smallest absolute Gasteiger partial charge is 0.244 e. The minimum Gasteiger partial charge on any atom is -0.264 e. The lowest BCUT2D eigenvalue weighted by molar-refractivity contribution is 0.581. The monoisotopic (exact) mass is 400 g/mol. The van der Waals surface area contributed by atoms with Crippen LogP contribution in [0.3, 0.4) is 0 Å². The third kappa shape index (κ3) is 3.48. The molecule has 0 aromatic carbocycles. The number of hydrogen-bond donors (Lipinski definition) is 1. The molecule has 1 N–H and O–H groups in total. The summed E-state index contributed by atoms with van der Waals surface area (Å²) < 4.78 is 27.5. The van der Waals surface area contributed by atoms with E-state index in [0.717, 1.165) is 16.9 Å². The summed E-state index contributed by atoms with van der Waals surface area (Å²) in [5.74, 6) is 0. The van der Waals surface area contributed by atoms with E-state index in [4.69, 9.17) is 23.2 Å². The van der Waals surface area contributed by atoms with E-state index < -0.39 is 10.0 Å². The van der Waals surface area contributed by atoms with Gasteiger partial charge in [0.2, 0.25) is 10.0 Å². The molecule has 0 spiro atoms. The van der Waals surface area contributed by atoms with Gasteiger partial charge in [-0.1, -0.05) is 29.3 Å². The summed E-state index contributed by atoms with van der Waals surface area (Å²) in [6.07, 6.45) is 3.20. The standard InChI is InChI=1S/C10H7BrCl2N2O2S2/c11-7-8(10(13)18-9(7)12)19(16,17)15-5-6-2-1-3-14-4-6/h1-4,15H,5H2. The zero-order chi connectivity index (χ0) is 14.0. The van der Waals surface area contributed by atoms with Crippen LogP contribution in [-0.4, -0.2) is 13.4 Å². The van der Waals surface area contributed by atoms with Crippen LogP contribution in [0.5, 0.6) is 0 Å². The van der Waals surface area contributed by atoms with Gasteiger partial charge in [-0.15, -0.1) is 11.3 Å². The van der Waals surface area contributed by atoms with Crippen molar-refractivity contribution < 1.29 is 8.42 Å². The Kier molecular flexibility index (Phi) is 4.86. The summed E-state index contributed by atoms with van der Waals surface area (Å²) in [5, 5.41) is 0. The third-order valence-electron chi connectivity index (χ3n) is 2.19. The van der Waals surface area contributed by atoms with Crippen LogP contribution >= 0.6 is 50.5 Å². The van der Waals surface area contributed by atoms with E-state index in [0.29, 0.717) is 4.34 Å². The summed E-state index contributed by atoms with van der Waals surface area (Å²) in [6.45, 7) is 0.131. The fourth-order valence-electron chi connectivity index (χ4n) is 1.32. The maximum absolute atomic E-state index is 12.2. The molecule has 9 heteroatoms. The first-order chi connectivity index (χ1) is 8.92. The highest BCUT2D eigenvalue weighted by atomic mass is 79.9. The molecule has 0 aliphatic rings. The predicted molar refractivity (Wildman–Crippen MR) is 80.3 cm³/mol. The molecule has 0 saturated carbocycles. The molecule has 2 aromatic heterocycles. The predicted octanol–water partition coefficient (Wildman–Crippen LogP) is 3.69. The second kappa shape index (κ2) is 6.07. The minimum absolute atomic E-state index is 0.0342. The number of hydrogen-bond acceptors (Lipinski definition) is 4. The van der Waals surface area contributed by atoms with E-state index in [2.05, 4.69) is 25.6 Å². The largest absolute Gasteiger partial charge is 0.264 e. The van der Waals surface area contributed by atoms with Crippen molar-refractivity contribution in [2.45, 2.75) is 11.4 Å². The van der Waals surface area contributed by atoms with E-state index >= 15 is 0 Å². The van der Waals surface area contributed by atoms with Gasteiger partial charge < -0.3 is 0 Å². The topological polar surface area (TPSA) is 59.1 Å². The Morgan fingerprint density at radius 2 is 2.11 bits per heavy atom. The molecular formula is C10H7BrCl2N2O2S2. The van der Waals surface area contributed by atoms with Gasteiger partial charge in [0.15, 0.2) is 0 Å². The molecule has 0 saturated heterocycles. The van der Waals surface area contributed by atoms with Gasteiger partial charge in [-0.05, 0) is 27.6 Å². The molecule has 2 heterocycles. The SMILES string of the molecule is O=S(=O)(NCc1cccnc1)c1c(Cl)sc(Cl)c1Br. The molecule has 0 amide bonds. The van der Waals surface area contributed by atoms with E-state index in [-0.39, 0.29) is 20.2 Å². The van der Waals surface area contributed by atoms with Crippen molar-refractivity contribution in [1.29, 1.82) is 0 Å². The Balaban J connectivity index is 2.24. The summed E-state index contributed by atoms with van der Waals surface area (Å²) in [4.78, 5) is 3.87. The van der Waals surface area contributed by atoms with Crippen LogP contribution < -0.4 is 4.72 Å². The lowest BCUT2D eigenvalue weighted by Crippen LogP contribution is -2.23. The van der Waals surface area contributed by atoms with Gasteiger partial charge in [-0.2, -0.15) is 0 Å². The van der Waals surface area contributed by atoms with Crippen LogP contribution in [0.15, 0.2) is 33.9 Å². The Hall–Kier alpha value is -0.180. The van der Waals surface area contributed by atoms with Gasteiger partial charge in [-0.3, -0.25) is 4.98 Å². The number of nitrogens with zero attached hydrogens (tertiary/aromatic N) is 1. The second-order valence-corrected chi connectivity index (χ2v) is 8.20. The van der Waals surface area contributed by atoms with Crippen LogP contribution in [-0.2, 0) is 16.6 Å². The number of nitrogens with one attached hydrogen (secondary N) is 1. The molecular weight excluding hydrogens is 395 g/mol. The lowest BCUT2D eigenvalue weighted by Gasteiger charge is -2.06. The highest BCUT2D eigenvalue weighted by Crippen LogP contribution is 2.42. The molecule has 2 rings (SSSR count). The van der Waals surface area contributed by atoms with Crippen LogP contribution in [0.1, 0.15) is 5.56 Å². The van der Waals surface area contributed by atoms with Crippen molar-refractivity contribution in [3.63, 3.8) is 0 Å². The van der Waals surface area contributed by atoms with Crippen molar-refractivity contribution in [3.8, 4) is 0 Å². The van der Waals surface area contributed by atoms with E-state index in [1.165, 1.54) is 0 Å². The third-order valence-corrected chi connectivity index (χ3v) is 7.05. The summed E-state index contributed by atoms with van der Waals surface area (Å²) in [5.41, 5.74) is 0.750. The summed E-state index contributed by atoms with van der Waals surface area (Å²) in [6, 6.07) is 3.50. The zero-order valence-electron chi connectivity index (χ0n) is 9.23. The Morgan fingerprint density at radius 1 is 1.37 bits per heavy atom. The molecule has 102 valence electrons. The number of pyridine rings is 1. The summed E-state index contributed by atoms with van der Waals surface area (Å²) >= 11 is 15.9. The van der Waals surface area contributed by atoms with Crippen molar-refractivity contribution >= 4 is 60.5 Å². The fraction of sp³-hybridized carbons (Fsp3) is 0.100. The highest BCUT2D eigenvalue weighted by Gasteiger charge is 2.25. The van der Waals surface area contributed by atoms with Gasteiger partial charge in [-0.25, -0.2) is 13.1 Å². The number of sulfonamides is 1. The Bertz CT molecular complexity index is 689. The highest BCUT2D eigenvalue weighted by molar-refractivity contribution is 9.10. The van der Waals surface area contributed by atoms with Crippen LogP contribution in [0, 0.1) is 0 Å². The van der Waals surface area contributed by atoms with Gasteiger partial charge in [0.05, 0.1) is 4.47 Å². The second-order valence-electron chi connectivity index (χ2n) is 3.48. The first-order valence-electron chi connectivity index (χ1n) is 4.93. The van der Waals surface area contributed by atoms with Gasteiger partial charge in [0.1, 0.15) is 13.6 Å². The van der Waals surface area contributed by atoms with E-state index in [9.17, 15) is 8.42 Å². The van der Waals surface area contributed by atoms with E-state index in [1.54, 1.807) is 24.5 Å². The first-order valence-corrected chi connectivity index (χ1v) is 8.78. The molecule has 19 heavy (non-hydrogen) atoms. The van der Waals surface area contributed by atoms with Gasteiger partial charge >= 0.3 is 0 Å². The molecule has 0 unspecified atom stereocenters. The zero-order valence-corrected chi connectivity index (χ0v) is 14.0. The van der Waals surface area contributed by atoms with Crippen molar-refractivity contribution in [2.24, 2.45) is 0 Å². The molecule has 0 aliphatic carbocycles. The fourth-order valence-corrected chi connectivity index (χ4v) is 5.89. The number of thiophene rings is 1. The van der Waals surface area contributed by atoms with Crippen LogP contribution in [0.2, 0.25) is 8.67 Å². The quantitative estimate of drug-likeness (QED) is 0.849. The molecule has 2 aromatic rings. The normalized spacial score (nSPS) is 11.7. The lowest BCUT2D eigenvalue weighted by atomic mass is 10.3. The van der Waals surface area contributed by atoms with Crippen LogP contribution in [0.25, 0.3) is 0 Å². The number of aromatic nitrogens is 1. The van der Waals surface area contributed by atoms with E-state index in [1.807, 2.05) is 0 Å². The molecule has 0 fully saturated rings. The van der Waals surface area contributed by atoms with Crippen LogP contribution in [0.4, 0.5) is 0 Å². The van der Waals surface area contributed by atoms with Crippen molar-refractivity contribution in [3.05, 3.63) is 43.2 Å². The molecule has 4 nitrogen and oxygen atoms in total. The Morgan fingerprint density at radius 3 is 2.63 bits per heavy atom. The van der Waals surface area contributed by atoms with Crippen molar-refractivity contribution in [2.75, 3.05) is 0 Å². The number of rotatable bonds is 4. The van der Waals surface area contributed by atoms with Gasteiger partial charge in [0, 0.05) is 18.9 Å². The number of halogens is 3. The maximum Gasteiger partial charge on any atom is 0.244 e.